The molecule has 1 amide bonds. The lowest BCUT2D eigenvalue weighted by atomic mass is 9.89. The number of aryl methyl sites for hydroxylation is 1. The number of rotatable bonds is 8. The molecule has 1 aromatic heterocycles. The van der Waals surface area contributed by atoms with Crippen LogP contribution in [0.4, 0.5) is 0 Å². The number of nitrogens with zero attached hydrogens (tertiary/aromatic N) is 3. The lowest BCUT2D eigenvalue weighted by Crippen LogP contribution is -2.38. The summed E-state index contributed by atoms with van der Waals surface area (Å²) in [5.41, 5.74) is 3.33. The largest absolute Gasteiger partial charge is 0.350 e. The van der Waals surface area contributed by atoms with E-state index in [1.54, 1.807) is 16.9 Å². The fraction of sp³-hybridized carbons (Fsp3) is 0.565. The molecule has 3 rings (SSSR count). The minimum absolute atomic E-state index is 0.0521. The predicted octanol–water partition coefficient (Wildman–Crippen LogP) is 3.54. The summed E-state index contributed by atoms with van der Waals surface area (Å²) in [4.78, 5) is 14.8. The molecule has 28 heavy (non-hydrogen) atoms. The maximum atomic E-state index is 12.2. The normalized spacial score (nSPS) is 15.9. The summed E-state index contributed by atoms with van der Waals surface area (Å²) in [7, 11) is 0. The Hall–Kier alpha value is -2.14. The highest BCUT2D eigenvalue weighted by molar-refractivity contribution is 5.92. The molecule has 0 unspecified atom stereocenters. The van der Waals surface area contributed by atoms with Gasteiger partial charge in [0.1, 0.15) is 5.69 Å². The SMILES string of the molecule is CCn1nccc1C(=O)NCCc1ccc(CC2CCN(C(C)C)CC2)cc1. The summed E-state index contributed by atoms with van der Waals surface area (Å²) in [6.45, 7) is 10.4. The number of amides is 1. The van der Waals surface area contributed by atoms with Crippen molar-refractivity contribution in [3.05, 3.63) is 53.3 Å². The Kier molecular flexibility index (Phi) is 7.26. The monoisotopic (exact) mass is 382 g/mol. The van der Waals surface area contributed by atoms with Crippen molar-refractivity contribution in [2.45, 2.75) is 59.0 Å². The van der Waals surface area contributed by atoms with Crippen LogP contribution in [0.25, 0.3) is 0 Å². The van der Waals surface area contributed by atoms with Gasteiger partial charge in [-0.3, -0.25) is 9.48 Å². The number of likely N-dealkylation sites (tertiary alicyclic amines) is 1. The second-order valence-electron chi connectivity index (χ2n) is 8.13. The van der Waals surface area contributed by atoms with Crippen LogP contribution < -0.4 is 5.32 Å². The van der Waals surface area contributed by atoms with Crippen molar-refractivity contribution >= 4 is 5.91 Å². The molecule has 1 N–H and O–H groups in total. The Morgan fingerprint density at radius 2 is 1.82 bits per heavy atom. The van der Waals surface area contributed by atoms with Crippen LogP contribution >= 0.6 is 0 Å². The zero-order valence-corrected chi connectivity index (χ0v) is 17.5. The summed E-state index contributed by atoms with van der Waals surface area (Å²) in [5.74, 6) is 0.757. The minimum Gasteiger partial charge on any atom is -0.350 e. The Morgan fingerprint density at radius 1 is 1.14 bits per heavy atom. The number of hydrogen-bond donors (Lipinski definition) is 1. The standard InChI is InChI=1S/C23H34N4O/c1-4-27-22(10-14-25-27)23(28)24-13-9-19-5-7-20(8-6-19)17-21-11-15-26(16-12-21)18(2)3/h5-8,10,14,18,21H,4,9,11-13,15-17H2,1-3H3,(H,24,28). The Labute approximate surface area is 169 Å². The van der Waals surface area contributed by atoms with Crippen LogP contribution in [0.1, 0.15) is 55.2 Å². The molecule has 1 fully saturated rings. The zero-order valence-electron chi connectivity index (χ0n) is 17.5. The van der Waals surface area contributed by atoms with E-state index in [-0.39, 0.29) is 5.91 Å². The van der Waals surface area contributed by atoms with Gasteiger partial charge >= 0.3 is 0 Å². The van der Waals surface area contributed by atoms with Gasteiger partial charge in [-0.2, -0.15) is 5.10 Å². The third-order valence-corrected chi connectivity index (χ3v) is 5.87. The van der Waals surface area contributed by atoms with Gasteiger partial charge < -0.3 is 10.2 Å². The van der Waals surface area contributed by atoms with Crippen molar-refractivity contribution in [2.24, 2.45) is 5.92 Å². The highest BCUT2D eigenvalue weighted by Gasteiger charge is 2.20. The molecule has 5 heteroatoms. The molecule has 0 radical (unpaired) electrons. The Balaban J connectivity index is 1.42. The van der Waals surface area contributed by atoms with Crippen LogP contribution in [-0.2, 0) is 19.4 Å². The van der Waals surface area contributed by atoms with E-state index >= 15 is 0 Å². The van der Waals surface area contributed by atoms with Crippen molar-refractivity contribution in [1.82, 2.24) is 20.0 Å². The molecule has 0 spiro atoms. The van der Waals surface area contributed by atoms with Gasteiger partial charge in [0.05, 0.1) is 0 Å². The van der Waals surface area contributed by atoms with E-state index < -0.39 is 0 Å². The summed E-state index contributed by atoms with van der Waals surface area (Å²) < 4.78 is 1.72. The van der Waals surface area contributed by atoms with Gasteiger partial charge in [0.15, 0.2) is 0 Å². The van der Waals surface area contributed by atoms with Gasteiger partial charge in [-0.05, 0) is 82.7 Å². The molecule has 0 aliphatic carbocycles. The molecule has 1 aliphatic rings. The third kappa shape index (κ3) is 5.44. The van der Waals surface area contributed by atoms with E-state index in [9.17, 15) is 4.79 Å². The highest BCUT2D eigenvalue weighted by Crippen LogP contribution is 2.23. The van der Waals surface area contributed by atoms with Crippen molar-refractivity contribution in [3.63, 3.8) is 0 Å². The van der Waals surface area contributed by atoms with Gasteiger partial charge in [0, 0.05) is 25.3 Å². The average molecular weight is 383 g/mol. The number of carbonyl (C=O) groups excluding carboxylic acids is 1. The van der Waals surface area contributed by atoms with Crippen LogP contribution in [0.5, 0.6) is 0 Å². The molecule has 1 saturated heterocycles. The molecular formula is C23H34N4O. The van der Waals surface area contributed by atoms with Crippen molar-refractivity contribution < 1.29 is 4.79 Å². The topological polar surface area (TPSA) is 50.2 Å². The summed E-state index contributed by atoms with van der Waals surface area (Å²) in [6.07, 6.45) is 6.31. The van der Waals surface area contributed by atoms with Crippen LogP contribution in [0.3, 0.4) is 0 Å². The van der Waals surface area contributed by atoms with Crippen LogP contribution in [0, 0.1) is 5.92 Å². The number of piperidine rings is 1. The molecule has 2 aromatic rings. The third-order valence-electron chi connectivity index (χ3n) is 5.87. The van der Waals surface area contributed by atoms with E-state index in [2.05, 4.69) is 53.4 Å². The van der Waals surface area contributed by atoms with E-state index in [0.29, 0.717) is 24.8 Å². The molecule has 152 valence electrons. The van der Waals surface area contributed by atoms with Crippen molar-refractivity contribution in [2.75, 3.05) is 19.6 Å². The number of hydrogen-bond acceptors (Lipinski definition) is 3. The van der Waals surface area contributed by atoms with Crippen LogP contribution in [0.2, 0.25) is 0 Å². The molecule has 0 bridgehead atoms. The average Bonchev–Trinajstić information content (AvgIpc) is 3.18. The maximum absolute atomic E-state index is 12.2. The van der Waals surface area contributed by atoms with Crippen LogP contribution in [0.15, 0.2) is 36.5 Å². The van der Waals surface area contributed by atoms with Gasteiger partial charge in [-0.1, -0.05) is 24.3 Å². The Bertz CT molecular complexity index is 742. The fourth-order valence-electron chi connectivity index (χ4n) is 4.04. The number of aromatic nitrogens is 2. The van der Waals surface area contributed by atoms with Crippen LogP contribution in [-0.4, -0.2) is 46.3 Å². The molecule has 1 aromatic carbocycles. The number of nitrogens with one attached hydrogen (secondary N) is 1. The van der Waals surface area contributed by atoms with Gasteiger partial charge in [0.2, 0.25) is 0 Å². The van der Waals surface area contributed by atoms with E-state index in [4.69, 9.17) is 0 Å². The first-order chi connectivity index (χ1) is 13.6. The quantitative estimate of drug-likeness (QED) is 0.760. The molecule has 0 saturated carbocycles. The highest BCUT2D eigenvalue weighted by atomic mass is 16.2. The lowest BCUT2D eigenvalue weighted by molar-refractivity contribution is 0.0943. The van der Waals surface area contributed by atoms with E-state index in [0.717, 1.165) is 12.3 Å². The van der Waals surface area contributed by atoms with E-state index in [1.807, 2.05) is 6.92 Å². The van der Waals surface area contributed by atoms with E-state index in [1.165, 1.54) is 43.5 Å². The predicted molar refractivity (Wildman–Crippen MR) is 114 cm³/mol. The van der Waals surface area contributed by atoms with Gasteiger partial charge in [0.25, 0.3) is 5.91 Å². The van der Waals surface area contributed by atoms with Crippen molar-refractivity contribution in [3.8, 4) is 0 Å². The zero-order chi connectivity index (χ0) is 19.9. The summed E-state index contributed by atoms with van der Waals surface area (Å²) >= 11 is 0. The van der Waals surface area contributed by atoms with Gasteiger partial charge in [-0.25, -0.2) is 0 Å². The maximum Gasteiger partial charge on any atom is 0.269 e. The fourth-order valence-corrected chi connectivity index (χ4v) is 4.04. The number of benzene rings is 1. The molecular weight excluding hydrogens is 348 g/mol. The second kappa shape index (κ2) is 9.87. The molecule has 1 aliphatic heterocycles. The summed E-state index contributed by atoms with van der Waals surface area (Å²) in [6, 6.07) is 11.4. The van der Waals surface area contributed by atoms with Crippen molar-refractivity contribution in [1.29, 1.82) is 0 Å². The molecule has 0 atom stereocenters. The second-order valence-corrected chi connectivity index (χ2v) is 8.13. The smallest absolute Gasteiger partial charge is 0.269 e. The summed E-state index contributed by atoms with van der Waals surface area (Å²) in [5, 5.41) is 7.14. The lowest BCUT2D eigenvalue weighted by Gasteiger charge is -2.34. The van der Waals surface area contributed by atoms with Gasteiger partial charge in [-0.15, -0.1) is 0 Å². The first kappa shape index (κ1) is 20.6. The minimum atomic E-state index is -0.0521. The number of carbonyl (C=O) groups is 1. The first-order valence-electron chi connectivity index (χ1n) is 10.7. The Morgan fingerprint density at radius 3 is 2.46 bits per heavy atom. The molecule has 2 heterocycles. The first-order valence-corrected chi connectivity index (χ1v) is 10.7. The molecule has 5 nitrogen and oxygen atoms in total.